The van der Waals surface area contributed by atoms with E-state index in [2.05, 4.69) is 10.1 Å². The first kappa shape index (κ1) is 14.9. The zero-order valence-electron chi connectivity index (χ0n) is 11.6. The standard InChI is InChI=1S/C15H12F3N3S/c1-2-22-12-6-4-3-5-10(12)11-7-8-14-19-13(15(16,17)18)9-21(14)20-11/h3-9H,2H2,1H3. The Kier molecular flexibility index (Phi) is 3.82. The van der Waals surface area contributed by atoms with Gasteiger partial charge in [-0.1, -0.05) is 25.1 Å². The fourth-order valence-corrected chi connectivity index (χ4v) is 2.94. The average molecular weight is 323 g/mol. The molecule has 3 aromatic rings. The van der Waals surface area contributed by atoms with Gasteiger partial charge in [0.25, 0.3) is 0 Å². The summed E-state index contributed by atoms with van der Waals surface area (Å²) in [6.45, 7) is 2.05. The zero-order valence-corrected chi connectivity index (χ0v) is 12.4. The summed E-state index contributed by atoms with van der Waals surface area (Å²) in [5.41, 5.74) is 0.763. The molecule has 1 aromatic carbocycles. The maximum atomic E-state index is 12.7. The second kappa shape index (κ2) is 5.64. The summed E-state index contributed by atoms with van der Waals surface area (Å²) in [5, 5.41) is 4.26. The molecule has 0 fully saturated rings. The predicted octanol–water partition coefficient (Wildman–Crippen LogP) is 4.53. The Morgan fingerprint density at radius 2 is 1.91 bits per heavy atom. The van der Waals surface area contributed by atoms with E-state index in [1.54, 1.807) is 23.9 Å². The molecule has 114 valence electrons. The number of fused-ring (bicyclic) bond motifs is 1. The van der Waals surface area contributed by atoms with Gasteiger partial charge in [0.1, 0.15) is 0 Å². The summed E-state index contributed by atoms with van der Waals surface area (Å²) in [5.74, 6) is 0.905. The van der Waals surface area contributed by atoms with Crippen molar-refractivity contribution in [3.63, 3.8) is 0 Å². The van der Waals surface area contributed by atoms with Crippen molar-refractivity contribution in [1.82, 2.24) is 14.6 Å². The maximum absolute atomic E-state index is 12.7. The molecule has 0 saturated heterocycles. The van der Waals surface area contributed by atoms with E-state index in [-0.39, 0.29) is 5.65 Å². The molecule has 0 spiro atoms. The molecule has 0 saturated carbocycles. The third-order valence-electron chi connectivity index (χ3n) is 3.07. The Hall–Kier alpha value is -2.02. The lowest BCUT2D eigenvalue weighted by atomic mass is 10.1. The number of imidazole rings is 1. The molecule has 22 heavy (non-hydrogen) atoms. The lowest BCUT2D eigenvalue weighted by Gasteiger charge is -2.07. The summed E-state index contributed by atoms with van der Waals surface area (Å²) >= 11 is 1.67. The number of hydrogen-bond acceptors (Lipinski definition) is 3. The van der Waals surface area contributed by atoms with Crippen molar-refractivity contribution in [2.24, 2.45) is 0 Å². The van der Waals surface area contributed by atoms with Crippen molar-refractivity contribution in [1.29, 1.82) is 0 Å². The van der Waals surface area contributed by atoms with Crippen LogP contribution in [-0.2, 0) is 6.18 Å². The van der Waals surface area contributed by atoms with Crippen LogP contribution in [-0.4, -0.2) is 20.4 Å². The van der Waals surface area contributed by atoms with Crippen LogP contribution in [0.5, 0.6) is 0 Å². The van der Waals surface area contributed by atoms with Crippen molar-refractivity contribution in [2.75, 3.05) is 5.75 Å². The zero-order chi connectivity index (χ0) is 15.7. The van der Waals surface area contributed by atoms with E-state index in [1.807, 2.05) is 31.2 Å². The summed E-state index contributed by atoms with van der Waals surface area (Å²) in [6, 6.07) is 10.9. The van der Waals surface area contributed by atoms with Gasteiger partial charge in [-0.3, -0.25) is 0 Å². The Balaban J connectivity index is 2.09. The minimum atomic E-state index is -4.47. The molecule has 3 nitrogen and oxygen atoms in total. The highest BCUT2D eigenvalue weighted by Crippen LogP contribution is 2.31. The molecule has 0 bridgehead atoms. The number of halogens is 3. The van der Waals surface area contributed by atoms with Crippen molar-refractivity contribution in [3.8, 4) is 11.3 Å². The van der Waals surface area contributed by atoms with E-state index in [1.165, 1.54) is 4.52 Å². The van der Waals surface area contributed by atoms with Crippen molar-refractivity contribution in [3.05, 3.63) is 48.3 Å². The molecule has 0 aliphatic heterocycles. The Labute approximate surface area is 129 Å². The fourth-order valence-electron chi connectivity index (χ4n) is 2.12. The molecule has 0 aliphatic rings. The minimum Gasteiger partial charge on any atom is -0.223 e. The van der Waals surface area contributed by atoms with Gasteiger partial charge in [-0.15, -0.1) is 11.8 Å². The molecule has 2 aromatic heterocycles. The summed E-state index contributed by atoms with van der Waals surface area (Å²) in [6.07, 6.45) is -3.56. The molecular weight excluding hydrogens is 311 g/mol. The van der Waals surface area contributed by atoms with Crippen LogP contribution in [0, 0.1) is 0 Å². The van der Waals surface area contributed by atoms with Gasteiger partial charge in [0.2, 0.25) is 0 Å². The molecule has 2 heterocycles. The molecule has 0 atom stereocenters. The van der Waals surface area contributed by atoms with Gasteiger partial charge in [-0.05, 0) is 24.0 Å². The van der Waals surface area contributed by atoms with E-state index in [4.69, 9.17) is 0 Å². The highest BCUT2D eigenvalue weighted by Gasteiger charge is 2.34. The number of thioether (sulfide) groups is 1. The van der Waals surface area contributed by atoms with Crippen LogP contribution >= 0.6 is 11.8 Å². The molecule has 0 unspecified atom stereocenters. The minimum absolute atomic E-state index is 0.178. The Morgan fingerprint density at radius 1 is 1.14 bits per heavy atom. The van der Waals surface area contributed by atoms with Crippen molar-refractivity contribution in [2.45, 2.75) is 18.0 Å². The Bertz CT molecular complexity index is 811. The van der Waals surface area contributed by atoms with Crippen LogP contribution in [0.4, 0.5) is 13.2 Å². The van der Waals surface area contributed by atoms with Gasteiger partial charge >= 0.3 is 6.18 Å². The smallest absolute Gasteiger partial charge is 0.223 e. The number of rotatable bonds is 3. The van der Waals surface area contributed by atoms with E-state index in [9.17, 15) is 13.2 Å². The molecule has 0 radical (unpaired) electrons. The molecule has 0 amide bonds. The van der Waals surface area contributed by atoms with Crippen molar-refractivity contribution < 1.29 is 13.2 Å². The van der Waals surface area contributed by atoms with Crippen LogP contribution in [0.1, 0.15) is 12.6 Å². The van der Waals surface area contributed by atoms with Crippen LogP contribution < -0.4 is 0 Å². The number of hydrogen-bond donors (Lipinski definition) is 0. The molecule has 7 heteroatoms. The SMILES string of the molecule is CCSc1ccccc1-c1ccc2nc(C(F)(F)F)cn2n1. The lowest BCUT2D eigenvalue weighted by Crippen LogP contribution is -2.04. The van der Waals surface area contributed by atoms with Gasteiger partial charge in [0, 0.05) is 10.5 Å². The summed E-state index contributed by atoms with van der Waals surface area (Å²) < 4.78 is 39.3. The summed E-state index contributed by atoms with van der Waals surface area (Å²) in [4.78, 5) is 4.60. The van der Waals surface area contributed by atoms with Gasteiger partial charge < -0.3 is 0 Å². The highest BCUT2D eigenvalue weighted by atomic mass is 32.2. The third-order valence-corrected chi connectivity index (χ3v) is 4.03. The van der Waals surface area contributed by atoms with E-state index < -0.39 is 11.9 Å². The van der Waals surface area contributed by atoms with Gasteiger partial charge in [0.05, 0.1) is 11.9 Å². The van der Waals surface area contributed by atoms with Crippen LogP contribution in [0.15, 0.2) is 47.5 Å². The van der Waals surface area contributed by atoms with Crippen LogP contribution in [0.2, 0.25) is 0 Å². The number of aromatic nitrogens is 3. The van der Waals surface area contributed by atoms with E-state index in [0.717, 1.165) is 22.4 Å². The topological polar surface area (TPSA) is 30.2 Å². The largest absolute Gasteiger partial charge is 0.434 e. The Morgan fingerprint density at radius 3 is 2.64 bits per heavy atom. The second-order valence-corrected chi connectivity index (χ2v) is 5.88. The van der Waals surface area contributed by atoms with E-state index >= 15 is 0 Å². The first-order chi connectivity index (χ1) is 10.5. The lowest BCUT2D eigenvalue weighted by molar-refractivity contribution is -0.140. The number of nitrogens with zero attached hydrogens (tertiary/aromatic N) is 3. The molecule has 0 N–H and O–H groups in total. The normalized spacial score (nSPS) is 12.0. The van der Waals surface area contributed by atoms with E-state index in [0.29, 0.717) is 5.69 Å². The average Bonchev–Trinajstić information content (AvgIpc) is 2.91. The molecule has 0 aliphatic carbocycles. The predicted molar refractivity (Wildman–Crippen MR) is 79.8 cm³/mol. The highest BCUT2D eigenvalue weighted by molar-refractivity contribution is 7.99. The molecule has 3 rings (SSSR count). The fraction of sp³-hybridized carbons (Fsp3) is 0.200. The van der Waals surface area contributed by atoms with Crippen LogP contribution in [0.3, 0.4) is 0 Å². The first-order valence-electron chi connectivity index (χ1n) is 6.65. The monoisotopic (exact) mass is 323 g/mol. The number of benzene rings is 1. The van der Waals surface area contributed by atoms with Gasteiger partial charge in [-0.2, -0.15) is 18.3 Å². The van der Waals surface area contributed by atoms with Gasteiger partial charge in [0.15, 0.2) is 11.3 Å². The molecular formula is C15H12F3N3S. The van der Waals surface area contributed by atoms with Crippen LogP contribution in [0.25, 0.3) is 16.9 Å². The summed E-state index contributed by atoms with van der Waals surface area (Å²) in [7, 11) is 0. The third kappa shape index (κ3) is 2.81. The second-order valence-electron chi connectivity index (χ2n) is 4.57. The first-order valence-corrected chi connectivity index (χ1v) is 7.63. The number of alkyl halides is 3. The quantitative estimate of drug-likeness (QED) is 0.664. The van der Waals surface area contributed by atoms with Gasteiger partial charge in [-0.25, -0.2) is 9.50 Å². The maximum Gasteiger partial charge on any atom is 0.434 e. The van der Waals surface area contributed by atoms with Crippen molar-refractivity contribution >= 4 is 17.4 Å².